The van der Waals surface area contributed by atoms with Gasteiger partial charge in [-0.05, 0) is 49.0 Å². The van der Waals surface area contributed by atoms with Gasteiger partial charge in [0.1, 0.15) is 0 Å². The van der Waals surface area contributed by atoms with Crippen LogP contribution in [0.25, 0.3) is 0 Å². The highest BCUT2D eigenvalue weighted by Gasteiger charge is 2.48. The minimum atomic E-state index is 0.309. The van der Waals surface area contributed by atoms with Crippen LogP contribution in [-0.4, -0.2) is 30.1 Å². The molecule has 2 fully saturated rings. The number of rotatable bonds is 2. The lowest BCUT2D eigenvalue weighted by Crippen LogP contribution is -2.51. The number of hydrogen-bond acceptors (Lipinski definition) is 2. The third-order valence-corrected chi connectivity index (χ3v) is 5.54. The Kier molecular flexibility index (Phi) is 3.57. The van der Waals surface area contributed by atoms with Gasteiger partial charge < -0.3 is 5.73 Å². The maximum absolute atomic E-state index is 6.18. The first kappa shape index (κ1) is 14.3. The fourth-order valence-corrected chi connectivity index (χ4v) is 4.11. The van der Waals surface area contributed by atoms with Gasteiger partial charge in [0, 0.05) is 18.6 Å². The van der Waals surface area contributed by atoms with E-state index >= 15 is 0 Å². The van der Waals surface area contributed by atoms with Crippen LogP contribution in [0.1, 0.15) is 60.3 Å². The van der Waals surface area contributed by atoms with Gasteiger partial charge >= 0.3 is 0 Å². The third kappa shape index (κ3) is 2.60. The molecule has 1 saturated heterocycles. The average molecular weight is 252 g/mol. The molecular formula is C16H32N2. The van der Waals surface area contributed by atoms with Crippen LogP contribution in [0, 0.1) is 16.7 Å². The molecule has 0 radical (unpaired) electrons. The maximum Gasteiger partial charge on any atom is 0.0337 e. The Morgan fingerprint density at radius 3 is 2.28 bits per heavy atom. The molecule has 18 heavy (non-hydrogen) atoms. The van der Waals surface area contributed by atoms with E-state index in [-0.39, 0.29) is 0 Å². The maximum atomic E-state index is 6.18. The molecule has 1 heterocycles. The van der Waals surface area contributed by atoms with E-state index in [4.69, 9.17) is 5.73 Å². The molecule has 0 spiro atoms. The lowest BCUT2D eigenvalue weighted by atomic mass is 9.80. The van der Waals surface area contributed by atoms with Crippen molar-refractivity contribution < 1.29 is 0 Å². The summed E-state index contributed by atoms with van der Waals surface area (Å²) in [6.07, 6.45) is 5.27. The Morgan fingerprint density at radius 2 is 1.89 bits per heavy atom. The lowest BCUT2D eigenvalue weighted by molar-refractivity contribution is 0.102. The molecular weight excluding hydrogens is 220 g/mol. The Bertz CT molecular complexity index is 303. The predicted molar refractivity (Wildman–Crippen MR) is 78.6 cm³/mol. The minimum absolute atomic E-state index is 0.309. The molecule has 0 aromatic carbocycles. The molecule has 2 N–H and O–H groups in total. The van der Waals surface area contributed by atoms with E-state index in [0.717, 1.165) is 12.5 Å². The van der Waals surface area contributed by atoms with E-state index in [2.05, 4.69) is 39.5 Å². The van der Waals surface area contributed by atoms with Crippen molar-refractivity contribution in [3.63, 3.8) is 0 Å². The first-order valence-corrected chi connectivity index (χ1v) is 7.64. The summed E-state index contributed by atoms with van der Waals surface area (Å²) in [5.41, 5.74) is 7.42. The van der Waals surface area contributed by atoms with Crippen molar-refractivity contribution in [2.45, 2.75) is 65.8 Å². The van der Waals surface area contributed by atoms with E-state index in [1.54, 1.807) is 0 Å². The molecule has 0 aromatic rings. The molecule has 2 heteroatoms. The number of nitrogens with zero attached hydrogens (tertiary/aromatic N) is 1. The zero-order chi connectivity index (χ0) is 13.6. The molecule has 2 nitrogen and oxygen atoms in total. The largest absolute Gasteiger partial charge is 0.329 e. The zero-order valence-electron chi connectivity index (χ0n) is 13.1. The first-order chi connectivity index (χ1) is 8.19. The van der Waals surface area contributed by atoms with Crippen LogP contribution in [0.2, 0.25) is 0 Å². The van der Waals surface area contributed by atoms with E-state index in [1.807, 2.05) is 0 Å². The summed E-state index contributed by atoms with van der Waals surface area (Å²) >= 11 is 0. The van der Waals surface area contributed by atoms with E-state index in [9.17, 15) is 0 Å². The zero-order valence-corrected chi connectivity index (χ0v) is 13.1. The van der Waals surface area contributed by atoms with Gasteiger partial charge in [-0.1, -0.05) is 34.6 Å². The number of hydrogen-bond donors (Lipinski definition) is 1. The summed E-state index contributed by atoms with van der Waals surface area (Å²) in [7, 11) is 0. The highest BCUT2D eigenvalue weighted by atomic mass is 15.2. The van der Waals surface area contributed by atoms with Gasteiger partial charge in [0.2, 0.25) is 0 Å². The molecule has 106 valence electrons. The smallest absolute Gasteiger partial charge is 0.0337 e. The minimum Gasteiger partial charge on any atom is -0.329 e. The van der Waals surface area contributed by atoms with Crippen LogP contribution >= 0.6 is 0 Å². The standard InChI is InChI=1S/C16H32N2/c1-14(2,3)13-6-9-18(10-13)16(12-17)8-7-15(4,5)11-16/h13H,6-12,17H2,1-5H3. The summed E-state index contributed by atoms with van der Waals surface area (Å²) in [5, 5.41) is 0. The van der Waals surface area contributed by atoms with Crippen molar-refractivity contribution in [1.82, 2.24) is 4.90 Å². The van der Waals surface area contributed by atoms with Crippen LogP contribution in [0.5, 0.6) is 0 Å². The Hall–Kier alpha value is -0.0800. The van der Waals surface area contributed by atoms with Crippen molar-refractivity contribution in [2.24, 2.45) is 22.5 Å². The van der Waals surface area contributed by atoms with Crippen LogP contribution in [0.15, 0.2) is 0 Å². The van der Waals surface area contributed by atoms with Gasteiger partial charge in [-0.3, -0.25) is 4.90 Å². The van der Waals surface area contributed by atoms with Crippen LogP contribution in [0.3, 0.4) is 0 Å². The van der Waals surface area contributed by atoms with Gasteiger partial charge in [0.15, 0.2) is 0 Å². The normalized spacial score (nSPS) is 37.3. The highest BCUT2D eigenvalue weighted by molar-refractivity contribution is 5.04. The van der Waals surface area contributed by atoms with Crippen molar-refractivity contribution in [1.29, 1.82) is 0 Å². The van der Waals surface area contributed by atoms with Crippen LogP contribution < -0.4 is 5.73 Å². The Balaban J connectivity index is 2.08. The summed E-state index contributed by atoms with van der Waals surface area (Å²) < 4.78 is 0. The molecule has 2 aliphatic rings. The fourth-order valence-electron chi connectivity index (χ4n) is 4.11. The van der Waals surface area contributed by atoms with Gasteiger partial charge in [-0.25, -0.2) is 0 Å². The molecule has 0 amide bonds. The topological polar surface area (TPSA) is 29.3 Å². The van der Waals surface area contributed by atoms with Gasteiger partial charge in [0.25, 0.3) is 0 Å². The molecule has 0 bridgehead atoms. The molecule has 1 aliphatic carbocycles. The molecule has 2 atom stereocenters. The molecule has 1 saturated carbocycles. The molecule has 2 rings (SSSR count). The van der Waals surface area contributed by atoms with Gasteiger partial charge in [-0.2, -0.15) is 0 Å². The van der Waals surface area contributed by atoms with E-state index < -0.39 is 0 Å². The van der Waals surface area contributed by atoms with Gasteiger partial charge in [-0.15, -0.1) is 0 Å². The molecule has 0 aromatic heterocycles. The monoisotopic (exact) mass is 252 g/mol. The summed E-state index contributed by atoms with van der Waals surface area (Å²) in [6, 6.07) is 0. The second-order valence-corrected chi connectivity index (χ2v) is 8.57. The molecule has 1 aliphatic heterocycles. The fraction of sp³-hybridized carbons (Fsp3) is 1.00. The summed E-state index contributed by atoms with van der Waals surface area (Å²) in [5.74, 6) is 0.838. The van der Waals surface area contributed by atoms with Crippen molar-refractivity contribution in [3.8, 4) is 0 Å². The van der Waals surface area contributed by atoms with Crippen LogP contribution in [0.4, 0.5) is 0 Å². The SMILES string of the molecule is CC1(C)CCC(CN)(N2CCC(C(C)(C)C)C2)C1. The summed E-state index contributed by atoms with van der Waals surface area (Å²) in [4.78, 5) is 2.73. The van der Waals surface area contributed by atoms with Crippen molar-refractivity contribution in [2.75, 3.05) is 19.6 Å². The lowest BCUT2D eigenvalue weighted by Gasteiger charge is -2.40. The average Bonchev–Trinajstić information content (AvgIpc) is 2.82. The third-order valence-electron chi connectivity index (χ3n) is 5.54. The Labute approximate surface area is 113 Å². The predicted octanol–water partition coefficient (Wildman–Crippen LogP) is 3.26. The number of nitrogens with two attached hydrogens (primary N) is 1. The van der Waals surface area contributed by atoms with Gasteiger partial charge in [0.05, 0.1) is 0 Å². The second-order valence-electron chi connectivity index (χ2n) is 8.57. The van der Waals surface area contributed by atoms with Crippen LogP contribution in [-0.2, 0) is 0 Å². The Morgan fingerprint density at radius 1 is 1.22 bits per heavy atom. The van der Waals surface area contributed by atoms with Crippen molar-refractivity contribution in [3.05, 3.63) is 0 Å². The van der Waals surface area contributed by atoms with E-state index in [1.165, 1.54) is 38.8 Å². The summed E-state index contributed by atoms with van der Waals surface area (Å²) in [6.45, 7) is 15.3. The van der Waals surface area contributed by atoms with Crippen molar-refractivity contribution >= 4 is 0 Å². The first-order valence-electron chi connectivity index (χ1n) is 7.64. The highest BCUT2D eigenvalue weighted by Crippen LogP contribution is 2.48. The van der Waals surface area contributed by atoms with E-state index in [0.29, 0.717) is 16.4 Å². The second kappa shape index (κ2) is 4.49. The molecule has 2 unspecified atom stereocenters. The number of likely N-dealkylation sites (tertiary alicyclic amines) is 1. The quantitative estimate of drug-likeness (QED) is 0.817.